The van der Waals surface area contributed by atoms with E-state index < -0.39 is 26.6 Å². The van der Waals surface area contributed by atoms with E-state index in [0.29, 0.717) is 0 Å². The van der Waals surface area contributed by atoms with E-state index in [4.69, 9.17) is 16.7 Å². The average molecular weight is 265 g/mol. The molecule has 0 aromatic heterocycles. The van der Waals surface area contributed by atoms with Crippen LogP contribution in [0.1, 0.15) is 0 Å². The van der Waals surface area contributed by atoms with Crippen molar-refractivity contribution < 1.29 is 18.3 Å². The number of amides is 1. The van der Waals surface area contributed by atoms with E-state index in [1.54, 1.807) is 0 Å². The Morgan fingerprint density at radius 2 is 2.12 bits per heavy atom. The molecule has 1 aromatic carbocycles. The van der Waals surface area contributed by atoms with E-state index in [1.165, 1.54) is 6.07 Å². The number of rotatable bonds is 3. The molecule has 0 atom stereocenters. The average Bonchev–Trinajstić information content (AvgIpc) is 2.19. The number of hydrogen-bond donors (Lipinski definition) is 3. The van der Waals surface area contributed by atoms with Gasteiger partial charge in [-0.25, -0.2) is 13.6 Å². The number of nitrogens with one attached hydrogen (secondary N) is 1. The lowest BCUT2D eigenvalue weighted by Crippen LogP contribution is -2.15. The van der Waals surface area contributed by atoms with Crippen molar-refractivity contribution in [2.24, 2.45) is 5.14 Å². The van der Waals surface area contributed by atoms with Gasteiger partial charge in [0.2, 0.25) is 15.9 Å². The van der Waals surface area contributed by atoms with Crippen LogP contribution in [0.2, 0.25) is 0 Å². The molecule has 0 aliphatic carbocycles. The summed E-state index contributed by atoms with van der Waals surface area (Å²) in [7, 11) is -4.03. The lowest BCUT2D eigenvalue weighted by atomic mass is 10.3. The van der Waals surface area contributed by atoms with Gasteiger partial charge in [-0.2, -0.15) is 0 Å². The van der Waals surface area contributed by atoms with Crippen molar-refractivity contribution in [2.45, 2.75) is 4.90 Å². The highest BCUT2D eigenvalue weighted by Gasteiger charge is 2.14. The minimum absolute atomic E-state index is 0.187. The van der Waals surface area contributed by atoms with Gasteiger partial charge in [0.15, 0.2) is 0 Å². The van der Waals surface area contributed by atoms with Gasteiger partial charge in [-0.15, -0.1) is 11.6 Å². The number of carbonyl (C=O) groups is 1. The number of sulfonamides is 1. The molecule has 0 saturated carbocycles. The van der Waals surface area contributed by atoms with Crippen LogP contribution in [0.3, 0.4) is 0 Å². The smallest absolute Gasteiger partial charge is 0.241 e. The number of nitrogens with two attached hydrogens (primary N) is 1. The molecule has 4 N–H and O–H groups in total. The van der Waals surface area contributed by atoms with Gasteiger partial charge >= 0.3 is 0 Å². The Kier molecular flexibility index (Phi) is 3.74. The molecular formula is C8H9ClN2O4S. The molecule has 6 nitrogen and oxygen atoms in total. The molecule has 0 bridgehead atoms. The third kappa shape index (κ3) is 3.09. The molecule has 0 heterocycles. The van der Waals surface area contributed by atoms with Crippen LogP contribution in [-0.2, 0) is 14.8 Å². The van der Waals surface area contributed by atoms with E-state index in [-0.39, 0.29) is 11.6 Å². The van der Waals surface area contributed by atoms with Gasteiger partial charge in [0, 0.05) is 5.69 Å². The summed E-state index contributed by atoms with van der Waals surface area (Å²) in [6, 6.07) is 3.49. The maximum absolute atomic E-state index is 11.0. The van der Waals surface area contributed by atoms with Gasteiger partial charge in [0.25, 0.3) is 0 Å². The van der Waals surface area contributed by atoms with Crippen LogP contribution in [-0.4, -0.2) is 25.3 Å². The number of benzene rings is 1. The number of anilines is 1. The second-order valence-electron chi connectivity index (χ2n) is 2.91. The van der Waals surface area contributed by atoms with Crippen molar-refractivity contribution in [3.05, 3.63) is 18.2 Å². The van der Waals surface area contributed by atoms with Crippen LogP contribution in [0, 0.1) is 0 Å². The van der Waals surface area contributed by atoms with Gasteiger partial charge in [0.1, 0.15) is 16.5 Å². The molecule has 0 unspecified atom stereocenters. The van der Waals surface area contributed by atoms with Crippen molar-refractivity contribution in [2.75, 3.05) is 11.2 Å². The van der Waals surface area contributed by atoms with E-state index in [1.807, 2.05) is 0 Å². The number of hydrogen-bond acceptors (Lipinski definition) is 4. The minimum Gasteiger partial charge on any atom is -0.507 e. The van der Waals surface area contributed by atoms with E-state index in [2.05, 4.69) is 5.32 Å². The maximum atomic E-state index is 11.0. The molecule has 1 amide bonds. The zero-order valence-corrected chi connectivity index (χ0v) is 9.55. The Morgan fingerprint density at radius 3 is 2.62 bits per heavy atom. The third-order valence-corrected chi connectivity index (χ3v) is 2.85. The van der Waals surface area contributed by atoms with Crippen molar-refractivity contribution >= 4 is 33.2 Å². The van der Waals surface area contributed by atoms with E-state index in [9.17, 15) is 18.3 Å². The fourth-order valence-electron chi connectivity index (χ4n) is 1.01. The molecule has 0 saturated heterocycles. The molecule has 8 heteroatoms. The number of phenols is 1. The zero-order valence-electron chi connectivity index (χ0n) is 7.97. The second kappa shape index (κ2) is 4.69. The van der Waals surface area contributed by atoms with Crippen LogP contribution in [0.5, 0.6) is 5.75 Å². The maximum Gasteiger partial charge on any atom is 0.241 e. The molecule has 0 aliphatic rings. The first kappa shape index (κ1) is 12.8. The monoisotopic (exact) mass is 264 g/mol. The van der Waals surface area contributed by atoms with Gasteiger partial charge in [0.05, 0.1) is 0 Å². The highest BCUT2D eigenvalue weighted by atomic mass is 35.5. The highest BCUT2D eigenvalue weighted by Crippen LogP contribution is 2.24. The van der Waals surface area contributed by atoms with Crippen molar-refractivity contribution in [3.8, 4) is 5.75 Å². The summed E-state index contributed by atoms with van der Waals surface area (Å²) in [6.45, 7) is 0. The fourth-order valence-corrected chi connectivity index (χ4v) is 1.73. The van der Waals surface area contributed by atoms with Crippen molar-refractivity contribution in [3.63, 3.8) is 0 Å². The molecule has 1 rings (SSSR count). The summed E-state index contributed by atoms with van der Waals surface area (Å²) >= 11 is 5.26. The predicted molar refractivity (Wildman–Crippen MR) is 58.8 cm³/mol. The standard InChI is InChI=1S/C8H9ClN2O4S/c9-4-8(13)11-5-1-2-6(12)7(3-5)16(10,14)15/h1-3,12H,4H2,(H,11,13)(H2,10,14,15). The lowest BCUT2D eigenvalue weighted by Gasteiger charge is -2.06. The molecule has 0 fully saturated rings. The van der Waals surface area contributed by atoms with Gasteiger partial charge in [-0.1, -0.05) is 0 Å². The van der Waals surface area contributed by atoms with Gasteiger partial charge in [-0.05, 0) is 18.2 Å². The van der Waals surface area contributed by atoms with Crippen molar-refractivity contribution in [1.82, 2.24) is 0 Å². The summed E-state index contributed by atoms with van der Waals surface area (Å²) in [4.78, 5) is 10.5. The second-order valence-corrected chi connectivity index (χ2v) is 4.71. The highest BCUT2D eigenvalue weighted by molar-refractivity contribution is 7.89. The molecule has 1 aromatic rings. The number of primary sulfonamides is 1. The molecule has 16 heavy (non-hydrogen) atoms. The Morgan fingerprint density at radius 1 is 1.50 bits per heavy atom. The number of aromatic hydroxyl groups is 1. The Hall–Kier alpha value is -1.31. The summed E-state index contributed by atoms with van der Waals surface area (Å²) in [5.74, 6) is -1.23. The summed E-state index contributed by atoms with van der Waals surface area (Å²) < 4.78 is 22.1. The first-order chi connectivity index (χ1) is 7.34. The SMILES string of the molecule is NS(=O)(=O)c1cc(NC(=O)CCl)ccc1O. The normalized spacial score (nSPS) is 11.1. The number of alkyl halides is 1. The first-order valence-corrected chi connectivity index (χ1v) is 6.14. The summed E-state index contributed by atoms with van der Waals surface area (Å²) in [6.07, 6.45) is 0. The number of halogens is 1. The Bertz CT molecular complexity index is 515. The summed E-state index contributed by atoms with van der Waals surface area (Å²) in [5, 5.41) is 16.5. The van der Waals surface area contributed by atoms with Crippen LogP contribution in [0.15, 0.2) is 23.1 Å². The molecule has 0 aliphatic heterocycles. The fraction of sp³-hybridized carbons (Fsp3) is 0.125. The van der Waals surface area contributed by atoms with Gasteiger partial charge in [-0.3, -0.25) is 4.79 Å². The van der Waals surface area contributed by atoms with E-state index >= 15 is 0 Å². The Labute approximate surface area is 97.1 Å². The predicted octanol–water partition coefficient (Wildman–Crippen LogP) is 0.217. The van der Waals surface area contributed by atoms with Crippen LogP contribution >= 0.6 is 11.6 Å². The van der Waals surface area contributed by atoms with Crippen molar-refractivity contribution in [1.29, 1.82) is 0 Å². The first-order valence-electron chi connectivity index (χ1n) is 4.06. The molecule has 88 valence electrons. The zero-order chi connectivity index (χ0) is 12.3. The topological polar surface area (TPSA) is 109 Å². The number of carbonyl (C=O) groups excluding carboxylic acids is 1. The largest absolute Gasteiger partial charge is 0.507 e. The van der Waals surface area contributed by atoms with E-state index in [0.717, 1.165) is 12.1 Å². The summed E-state index contributed by atoms with van der Waals surface area (Å²) in [5.41, 5.74) is 0.187. The van der Waals surface area contributed by atoms with Crippen LogP contribution < -0.4 is 10.5 Å². The minimum atomic E-state index is -4.03. The van der Waals surface area contributed by atoms with Gasteiger partial charge < -0.3 is 10.4 Å². The molecular weight excluding hydrogens is 256 g/mol. The Balaban J connectivity index is 3.13. The van der Waals surface area contributed by atoms with Crippen LogP contribution in [0.25, 0.3) is 0 Å². The third-order valence-electron chi connectivity index (χ3n) is 1.67. The van der Waals surface area contributed by atoms with Crippen LogP contribution in [0.4, 0.5) is 5.69 Å². The quantitative estimate of drug-likeness (QED) is 0.536. The molecule has 0 spiro atoms. The number of phenolic OH excluding ortho intramolecular Hbond substituents is 1. The molecule has 0 radical (unpaired) electrons. The lowest BCUT2D eigenvalue weighted by molar-refractivity contribution is -0.113.